The number of nitrogens with one attached hydrogen (secondary N) is 1. The van der Waals surface area contributed by atoms with Crippen molar-refractivity contribution in [3.05, 3.63) is 53.6 Å². The monoisotopic (exact) mass is 387 g/mol. The quantitative estimate of drug-likeness (QED) is 0.644. The number of carbonyl (C=O) groups excluding carboxylic acids is 1. The number of amides is 2. The van der Waals surface area contributed by atoms with Gasteiger partial charge in [-0.3, -0.25) is 4.90 Å². The number of thioether (sulfide) groups is 1. The van der Waals surface area contributed by atoms with Crippen molar-refractivity contribution in [2.45, 2.75) is 29.6 Å². The molecule has 2 aromatic carbocycles. The first-order valence-electron chi connectivity index (χ1n) is 8.00. The van der Waals surface area contributed by atoms with E-state index in [1.807, 2.05) is 18.4 Å². The van der Waals surface area contributed by atoms with E-state index < -0.39 is 16.1 Å². The fourth-order valence-electron chi connectivity index (χ4n) is 2.85. The highest BCUT2D eigenvalue weighted by Crippen LogP contribution is 2.31. The number of nitriles is 1. The highest BCUT2D eigenvalue weighted by Gasteiger charge is 2.26. The first kappa shape index (κ1) is 18.3. The van der Waals surface area contributed by atoms with Gasteiger partial charge in [0.2, 0.25) is 0 Å². The predicted molar refractivity (Wildman–Crippen MR) is 100 cm³/mol. The van der Waals surface area contributed by atoms with Gasteiger partial charge in [-0.25, -0.2) is 17.9 Å². The third-order valence-corrected chi connectivity index (χ3v) is 6.05. The number of anilines is 1. The van der Waals surface area contributed by atoms with Crippen LogP contribution in [0.4, 0.5) is 10.5 Å². The average molecular weight is 387 g/mol. The van der Waals surface area contributed by atoms with Crippen LogP contribution in [0.25, 0.3) is 0 Å². The van der Waals surface area contributed by atoms with Crippen molar-refractivity contribution in [1.82, 2.24) is 4.72 Å². The van der Waals surface area contributed by atoms with Gasteiger partial charge in [-0.1, -0.05) is 17.7 Å². The highest BCUT2D eigenvalue weighted by atomic mass is 32.2. The van der Waals surface area contributed by atoms with Crippen molar-refractivity contribution < 1.29 is 13.2 Å². The van der Waals surface area contributed by atoms with Crippen LogP contribution in [0.2, 0.25) is 0 Å². The minimum Gasteiger partial charge on any atom is -0.293 e. The van der Waals surface area contributed by atoms with Crippen LogP contribution in [0.5, 0.6) is 0 Å². The number of sulfonamides is 1. The van der Waals surface area contributed by atoms with E-state index in [1.54, 1.807) is 24.3 Å². The van der Waals surface area contributed by atoms with Crippen molar-refractivity contribution in [2.24, 2.45) is 0 Å². The fourth-order valence-corrected chi connectivity index (χ4v) is 4.24. The van der Waals surface area contributed by atoms with Crippen LogP contribution in [0.15, 0.2) is 52.3 Å². The zero-order chi connectivity index (χ0) is 18.7. The van der Waals surface area contributed by atoms with E-state index in [0.717, 1.165) is 40.6 Å². The molecule has 134 valence electrons. The molecule has 2 aromatic rings. The fraction of sp³-hybridized carbons (Fsp3) is 0.222. The van der Waals surface area contributed by atoms with Crippen LogP contribution in [-0.2, 0) is 16.4 Å². The zero-order valence-electron chi connectivity index (χ0n) is 14.1. The van der Waals surface area contributed by atoms with Crippen LogP contribution < -0.4 is 9.62 Å². The van der Waals surface area contributed by atoms with Crippen molar-refractivity contribution in [3.8, 4) is 5.40 Å². The van der Waals surface area contributed by atoms with Gasteiger partial charge in [0.05, 0.1) is 4.90 Å². The number of hydrogen-bond acceptors (Lipinski definition) is 5. The maximum absolute atomic E-state index is 12.6. The van der Waals surface area contributed by atoms with Crippen LogP contribution in [-0.4, -0.2) is 21.0 Å². The van der Waals surface area contributed by atoms with Crippen molar-refractivity contribution in [1.29, 1.82) is 5.26 Å². The minimum absolute atomic E-state index is 0.0504. The van der Waals surface area contributed by atoms with E-state index >= 15 is 0 Å². The summed E-state index contributed by atoms with van der Waals surface area (Å²) in [5.41, 5.74) is 2.54. The second kappa shape index (κ2) is 7.40. The van der Waals surface area contributed by atoms with E-state index in [0.29, 0.717) is 12.2 Å². The van der Waals surface area contributed by atoms with E-state index in [4.69, 9.17) is 5.26 Å². The van der Waals surface area contributed by atoms with Crippen molar-refractivity contribution in [3.63, 3.8) is 0 Å². The Kier molecular flexibility index (Phi) is 5.20. The van der Waals surface area contributed by atoms with Gasteiger partial charge in [-0.15, -0.1) is 0 Å². The molecule has 3 rings (SSSR count). The van der Waals surface area contributed by atoms with Crippen molar-refractivity contribution in [2.75, 3.05) is 11.4 Å². The number of nitrogens with zero attached hydrogens (tertiary/aromatic N) is 2. The molecule has 2 amide bonds. The van der Waals surface area contributed by atoms with Gasteiger partial charge in [-0.2, -0.15) is 5.26 Å². The Hall–Kier alpha value is -2.50. The zero-order valence-corrected chi connectivity index (χ0v) is 15.7. The second-order valence-electron chi connectivity index (χ2n) is 5.96. The molecule has 6 nitrogen and oxygen atoms in total. The van der Waals surface area contributed by atoms with Gasteiger partial charge in [0, 0.05) is 17.1 Å². The van der Waals surface area contributed by atoms with Gasteiger partial charge in [0.1, 0.15) is 5.40 Å². The molecule has 0 fully saturated rings. The molecule has 0 spiro atoms. The molecule has 1 aliphatic rings. The van der Waals surface area contributed by atoms with Crippen LogP contribution in [0.3, 0.4) is 0 Å². The highest BCUT2D eigenvalue weighted by molar-refractivity contribution is 8.03. The minimum atomic E-state index is -3.93. The summed E-state index contributed by atoms with van der Waals surface area (Å²) in [4.78, 5) is 14.9. The smallest absolute Gasteiger partial charge is 0.293 e. The number of aryl methyl sites for hydroxylation is 2. The first-order chi connectivity index (χ1) is 12.4. The van der Waals surface area contributed by atoms with Crippen LogP contribution in [0, 0.1) is 17.6 Å². The standard InChI is InChI=1S/C18H17N3O3S2/c1-13-4-7-16(8-5-13)26(23,24)20-18(22)21-10-2-3-14-11-15(25-12-19)6-9-17(14)21/h4-9,11H,2-3,10H2,1H3,(H,20,22). The Labute approximate surface area is 156 Å². The SMILES string of the molecule is Cc1ccc(S(=O)(=O)NC(=O)N2CCCc3cc(SC#N)ccc32)cc1. The normalized spacial score (nSPS) is 13.6. The van der Waals surface area contributed by atoms with Crippen LogP contribution in [0.1, 0.15) is 17.5 Å². The third kappa shape index (κ3) is 3.84. The topological polar surface area (TPSA) is 90.3 Å². The summed E-state index contributed by atoms with van der Waals surface area (Å²) in [5, 5.41) is 10.8. The molecule has 0 unspecified atom stereocenters. The molecule has 1 heterocycles. The van der Waals surface area contributed by atoms with Gasteiger partial charge < -0.3 is 0 Å². The summed E-state index contributed by atoms with van der Waals surface area (Å²) in [7, 11) is -3.93. The Morgan fingerprint density at radius 2 is 1.96 bits per heavy atom. The Morgan fingerprint density at radius 3 is 2.65 bits per heavy atom. The number of urea groups is 1. The summed E-state index contributed by atoms with van der Waals surface area (Å²) in [6.45, 7) is 2.30. The summed E-state index contributed by atoms with van der Waals surface area (Å²) in [6.07, 6.45) is 1.51. The van der Waals surface area contributed by atoms with E-state index in [-0.39, 0.29) is 4.90 Å². The predicted octanol–water partition coefficient (Wildman–Crippen LogP) is 3.42. The molecular formula is C18H17N3O3S2. The van der Waals surface area contributed by atoms with Crippen molar-refractivity contribution >= 4 is 33.5 Å². The lowest BCUT2D eigenvalue weighted by molar-refractivity contribution is 0.250. The third-order valence-electron chi connectivity index (χ3n) is 4.13. The molecule has 1 N–H and O–H groups in total. The first-order valence-corrected chi connectivity index (χ1v) is 10.3. The molecule has 1 aliphatic heterocycles. The maximum Gasteiger partial charge on any atom is 0.335 e. The second-order valence-corrected chi connectivity index (χ2v) is 8.50. The molecule has 8 heteroatoms. The molecule has 26 heavy (non-hydrogen) atoms. The molecule has 0 radical (unpaired) electrons. The lowest BCUT2D eigenvalue weighted by Crippen LogP contribution is -2.45. The lowest BCUT2D eigenvalue weighted by Gasteiger charge is -2.29. The van der Waals surface area contributed by atoms with E-state index in [9.17, 15) is 13.2 Å². The maximum atomic E-state index is 12.6. The van der Waals surface area contributed by atoms with Gasteiger partial charge in [0.25, 0.3) is 10.0 Å². The number of carbonyl (C=O) groups is 1. The summed E-state index contributed by atoms with van der Waals surface area (Å²) < 4.78 is 27.0. The number of thiocyanates is 1. The summed E-state index contributed by atoms with van der Waals surface area (Å²) in [6, 6.07) is 11.0. The number of rotatable bonds is 3. The average Bonchev–Trinajstić information content (AvgIpc) is 2.61. The lowest BCUT2D eigenvalue weighted by atomic mass is 10.0. The number of benzene rings is 2. The number of fused-ring (bicyclic) bond motifs is 1. The van der Waals surface area contributed by atoms with Gasteiger partial charge in [0.15, 0.2) is 0 Å². The summed E-state index contributed by atoms with van der Waals surface area (Å²) in [5.74, 6) is 0. The molecule has 0 aliphatic carbocycles. The van der Waals surface area contributed by atoms with Gasteiger partial charge in [-0.05, 0) is 67.4 Å². The molecule has 0 aromatic heterocycles. The Bertz CT molecular complexity index is 980. The van der Waals surface area contributed by atoms with E-state index in [1.165, 1.54) is 17.0 Å². The Balaban J connectivity index is 1.83. The molecule has 0 saturated heterocycles. The Morgan fingerprint density at radius 1 is 1.23 bits per heavy atom. The summed E-state index contributed by atoms with van der Waals surface area (Å²) >= 11 is 1.06. The molecule has 0 saturated carbocycles. The van der Waals surface area contributed by atoms with Gasteiger partial charge >= 0.3 is 6.03 Å². The molecule has 0 atom stereocenters. The number of hydrogen-bond donors (Lipinski definition) is 1. The van der Waals surface area contributed by atoms with E-state index in [2.05, 4.69) is 4.72 Å². The van der Waals surface area contributed by atoms with Crippen LogP contribution >= 0.6 is 11.8 Å². The molecular weight excluding hydrogens is 370 g/mol. The molecule has 0 bridgehead atoms. The largest absolute Gasteiger partial charge is 0.335 e.